The SMILES string of the molecule is C[C@@H](c1ccccc1)N(CC(=O)N(CC(=O)N(CC(=O)N(CC(N)=O)Cc1ccccc1)Cc1ccccc1)Cc1ccccc1)C(=O)CN(C(=O)CN(C(=O)CNC1CC(C)(C)N(O)C(C)(C)C1)[C@@H](C)c1ccccc1)[C@@H](C)c1ccccc1. The molecule has 1 saturated heterocycles. The summed E-state index contributed by atoms with van der Waals surface area (Å²) in [4.78, 5) is 111. The van der Waals surface area contributed by atoms with Crippen molar-refractivity contribution in [2.45, 2.75) is 116 Å². The van der Waals surface area contributed by atoms with E-state index in [4.69, 9.17) is 5.73 Å². The van der Waals surface area contributed by atoms with Gasteiger partial charge in [-0.1, -0.05) is 182 Å². The Labute approximate surface area is 500 Å². The molecular weight excluding hydrogens is 1070 g/mol. The third-order valence-corrected chi connectivity index (χ3v) is 16.0. The number of primary amides is 1. The lowest BCUT2D eigenvalue weighted by molar-refractivity contribution is -0.246. The van der Waals surface area contributed by atoms with E-state index in [0.29, 0.717) is 24.0 Å². The van der Waals surface area contributed by atoms with Crippen LogP contribution in [0.2, 0.25) is 0 Å². The number of amides is 7. The Morgan fingerprint density at radius 1 is 0.435 bits per heavy atom. The van der Waals surface area contributed by atoms with Crippen LogP contribution in [0.5, 0.6) is 0 Å². The molecule has 4 N–H and O–H groups in total. The number of piperidine rings is 1. The van der Waals surface area contributed by atoms with Crippen molar-refractivity contribution in [1.29, 1.82) is 0 Å². The van der Waals surface area contributed by atoms with Crippen molar-refractivity contribution in [3.8, 4) is 0 Å². The van der Waals surface area contributed by atoms with Gasteiger partial charge in [0.05, 0.1) is 31.2 Å². The highest BCUT2D eigenvalue weighted by Gasteiger charge is 2.45. The second kappa shape index (κ2) is 29.8. The zero-order valence-corrected chi connectivity index (χ0v) is 50.1. The number of rotatable bonds is 27. The zero-order valence-electron chi connectivity index (χ0n) is 50.1. The molecule has 3 atom stereocenters. The predicted molar refractivity (Wildman–Crippen MR) is 327 cm³/mol. The molecule has 85 heavy (non-hydrogen) atoms. The number of hydroxylamine groups is 2. The first kappa shape index (κ1) is 64.1. The number of carbonyl (C=O) groups excluding carboxylic acids is 7. The van der Waals surface area contributed by atoms with Gasteiger partial charge in [-0.25, -0.2) is 0 Å². The molecule has 0 radical (unpaired) electrons. The third-order valence-electron chi connectivity index (χ3n) is 16.0. The third kappa shape index (κ3) is 18.0. The molecule has 0 bridgehead atoms. The minimum Gasteiger partial charge on any atom is -0.368 e. The van der Waals surface area contributed by atoms with Gasteiger partial charge in [0.1, 0.15) is 32.7 Å². The van der Waals surface area contributed by atoms with Gasteiger partial charge in [0.25, 0.3) is 0 Å². The molecule has 1 heterocycles. The summed E-state index contributed by atoms with van der Waals surface area (Å²) in [5, 5.41) is 15.9. The van der Waals surface area contributed by atoms with Gasteiger partial charge in [-0.15, -0.1) is 0 Å². The Morgan fingerprint density at radius 2 is 0.706 bits per heavy atom. The summed E-state index contributed by atoms with van der Waals surface area (Å²) in [5.74, 6) is -3.79. The Kier molecular flexibility index (Phi) is 22.5. The molecule has 448 valence electrons. The minimum absolute atomic E-state index is 0.00198. The van der Waals surface area contributed by atoms with Gasteiger partial charge in [-0.3, -0.25) is 33.6 Å². The molecule has 6 aromatic rings. The normalized spacial score (nSPS) is 14.9. The van der Waals surface area contributed by atoms with Crippen molar-refractivity contribution in [3.63, 3.8) is 0 Å². The van der Waals surface area contributed by atoms with Gasteiger partial charge in [0, 0.05) is 36.8 Å². The van der Waals surface area contributed by atoms with Crippen LogP contribution in [0.15, 0.2) is 182 Å². The molecule has 0 unspecified atom stereocenters. The van der Waals surface area contributed by atoms with Crippen LogP contribution >= 0.6 is 0 Å². The average molecular weight is 1150 g/mol. The van der Waals surface area contributed by atoms with Gasteiger partial charge < -0.3 is 45.7 Å². The van der Waals surface area contributed by atoms with Crippen LogP contribution in [-0.4, -0.2) is 144 Å². The van der Waals surface area contributed by atoms with Crippen LogP contribution in [-0.2, 0) is 53.2 Å². The number of hydrogen-bond donors (Lipinski definition) is 3. The minimum atomic E-state index is -0.723. The number of nitrogens with zero attached hydrogens (tertiary/aromatic N) is 7. The maximum absolute atomic E-state index is 15.5. The molecule has 0 spiro atoms. The van der Waals surface area contributed by atoms with Gasteiger partial charge in [-0.05, 0) is 94.7 Å². The van der Waals surface area contributed by atoms with Gasteiger partial charge in [0.15, 0.2) is 0 Å². The van der Waals surface area contributed by atoms with Gasteiger partial charge in [0.2, 0.25) is 41.4 Å². The fourth-order valence-corrected chi connectivity index (χ4v) is 11.3. The number of benzene rings is 6. The largest absolute Gasteiger partial charge is 0.368 e. The average Bonchev–Trinajstić information content (AvgIpc) is 3.70. The van der Waals surface area contributed by atoms with E-state index in [-0.39, 0.29) is 51.2 Å². The van der Waals surface area contributed by atoms with Crippen molar-refractivity contribution in [3.05, 3.63) is 215 Å². The van der Waals surface area contributed by atoms with Crippen molar-refractivity contribution in [2.75, 3.05) is 45.8 Å². The number of nitrogens with one attached hydrogen (secondary N) is 1. The molecule has 7 rings (SSSR count). The van der Waals surface area contributed by atoms with E-state index in [0.717, 1.165) is 22.3 Å². The van der Waals surface area contributed by atoms with E-state index in [1.54, 1.807) is 0 Å². The van der Waals surface area contributed by atoms with Crippen LogP contribution in [0.25, 0.3) is 0 Å². The zero-order chi connectivity index (χ0) is 61.3. The lowest BCUT2D eigenvalue weighted by Gasteiger charge is -2.51. The molecule has 0 aliphatic carbocycles. The Bertz CT molecular complexity index is 3140. The topological polar surface area (TPSA) is 200 Å². The highest BCUT2D eigenvalue weighted by Crippen LogP contribution is 2.37. The molecule has 6 aromatic carbocycles. The maximum Gasteiger partial charge on any atom is 0.243 e. The van der Waals surface area contributed by atoms with Crippen LogP contribution in [0.1, 0.15) is 113 Å². The smallest absolute Gasteiger partial charge is 0.243 e. The molecule has 0 saturated carbocycles. The fourth-order valence-electron chi connectivity index (χ4n) is 11.3. The summed E-state index contributed by atoms with van der Waals surface area (Å²) < 4.78 is 0. The predicted octanol–water partition coefficient (Wildman–Crippen LogP) is 8.33. The molecule has 1 aliphatic heterocycles. The fraction of sp³-hybridized carbons (Fsp3) is 0.368. The number of hydrogen-bond acceptors (Lipinski definition) is 10. The van der Waals surface area contributed by atoms with E-state index in [2.05, 4.69) is 5.32 Å². The monoisotopic (exact) mass is 1150 g/mol. The molecule has 1 aliphatic rings. The van der Waals surface area contributed by atoms with Crippen molar-refractivity contribution in [1.82, 2.24) is 39.8 Å². The quantitative estimate of drug-likeness (QED) is 0.0451. The summed E-state index contributed by atoms with van der Waals surface area (Å²) in [5.41, 5.74) is 8.94. The highest BCUT2D eigenvalue weighted by atomic mass is 16.5. The van der Waals surface area contributed by atoms with Crippen molar-refractivity contribution in [2.24, 2.45) is 5.73 Å². The Morgan fingerprint density at radius 3 is 1.02 bits per heavy atom. The van der Waals surface area contributed by atoms with Crippen LogP contribution in [0, 0.1) is 0 Å². The van der Waals surface area contributed by atoms with Crippen LogP contribution < -0.4 is 11.1 Å². The second-order valence-corrected chi connectivity index (χ2v) is 23.4. The summed E-state index contributed by atoms with van der Waals surface area (Å²) in [6.45, 7) is 10.6. The van der Waals surface area contributed by atoms with Crippen LogP contribution in [0.4, 0.5) is 0 Å². The summed E-state index contributed by atoms with van der Waals surface area (Å²) >= 11 is 0. The first-order valence-corrected chi connectivity index (χ1v) is 29.1. The lowest BCUT2D eigenvalue weighted by Crippen LogP contribution is -2.63. The van der Waals surface area contributed by atoms with Crippen molar-refractivity contribution < 1.29 is 38.8 Å². The molecular formula is C68H83N9O8. The van der Waals surface area contributed by atoms with E-state index >= 15 is 14.4 Å². The summed E-state index contributed by atoms with van der Waals surface area (Å²) in [6.07, 6.45) is 1.14. The second-order valence-electron chi connectivity index (χ2n) is 23.4. The molecule has 17 nitrogen and oxygen atoms in total. The highest BCUT2D eigenvalue weighted by molar-refractivity contribution is 5.93. The molecule has 0 aromatic heterocycles. The van der Waals surface area contributed by atoms with Crippen LogP contribution in [0.3, 0.4) is 0 Å². The summed E-state index contributed by atoms with van der Waals surface area (Å²) in [6, 6.07) is 53.3. The first-order chi connectivity index (χ1) is 40.6. The number of carbonyl (C=O) groups is 7. The Balaban J connectivity index is 1.20. The van der Waals surface area contributed by atoms with E-state index < -0.39 is 90.8 Å². The maximum atomic E-state index is 15.5. The molecule has 17 heteroatoms. The van der Waals surface area contributed by atoms with E-state index in [9.17, 15) is 24.4 Å². The first-order valence-electron chi connectivity index (χ1n) is 29.1. The lowest BCUT2D eigenvalue weighted by atomic mass is 9.79. The number of nitrogens with two attached hydrogens (primary N) is 1. The van der Waals surface area contributed by atoms with E-state index in [1.807, 2.05) is 230 Å². The van der Waals surface area contributed by atoms with Crippen molar-refractivity contribution >= 4 is 41.4 Å². The Hall–Kier alpha value is -8.51. The van der Waals surface area contributed by atoms with E-state index in [1.165, 1.54) is 34.5 Å². The summed E-state index contributed by atoms with van der Waals surface area (Å²) in [7, 11) is 0. The van der Waals surface area contributed by atoms with Gasteiger partial charge in [-0.2, -0.15) is 5.06 Å². The molecule has 1 fully saturated rings. The van der Waals surface area contributed by atoms with Gasteiger partial charge >= 0.3 is 0 Å². The molecule has 7 amide bonds. The standard InChI is InChI=1S/C68H83N9O8/c1-50(56-32-20-11-21-33-56)74(61(79)40-70-59-38-67(4,5)77(85)68(6,7)39-59)48-65(83)76(52(3)58-36-24-13-25-37-58)49-66(84)75(51(2)57-34-22-12-23-35-57)47-64(82)73(43-55-30-18-10-19-31-55)46-63(81)72(42-54-28-16-9-17-29-54)45-62(80)71(44-60(69)78)41-53-26-14-8-15-27-53/h8-37,50-52,59,70,85H,38-49H2,1-7H3,(H2,69,78)/t50-,51-,52-/m0/s1.